The molecule has 28 heavy (non-hydrogen) atoms. The Morgan fingerprint density at radius 2 is 1.68 bits per heavy atom. The number of fused-ring (bicyclic) bond motifs is 1. The maximum atomic E-state index is 13.4. The van der Waals surface area contributed by atoms with E-state index < -0.39 is 5.41 Å². The predicted octanol–water partition coefficient (Wildman–Crippen LogP) is 4.90. The Morgan fingerprint density at radius 3 is 2.39 bits per heavy atom. The van der Waals surface area contributed by atoms with Gasteiger partial charge < -0.3 is 10.1 Å². The molecule has 1 amide bonds. The Labute approximate surface area is 164 Å². The quantitative estimate of drug-likeness (QED) is 0.702. The molecule has 3 aromatic rings. The van der Waals surface area contributed by atoms with Gasteiger partial charge in [0, 0.05) is 13.2 Å². The van der Waals surface area contributed by atoms with Crippen molar-refractivity contribution in [2.45, 2.75) is 31.2 Å². The summed E-state index contributed by atoms with van der Waals surface area (Å²) in [7, 11) is 0. The fourth-order valence-electron chi connectivity index (χ4n) is 4.03. The monoisotopic (exact) mass is 377 g/mol. The Morgan fingerprint density at radius 1 is 1.00 bits per heavy atom. The van der Waals surface area contributed by atoms with Gasteiger partial charge in [-0.2, -0.15) is 0 Å². The Kier molecular flexibility index (Phi) is 5.14. The second-order valence-corrected chi connectivity index (χ2v) is 7.50. The van der Waals surface area contributed by atoms with Crippen molar-refractivity contribution in [1.29, 1.82) is 0 Å². The molecule has 1 atom stereocenters. The van der Waals surface area contributed by atoms with Crippen LogP contribution in [0.1, 0.15) is 36.9 Å². The third-order valence-corrected chi connectivity index (χ3v) is 5.80. The molecule has 144 valence electrons. The largest absolute Gasteiger partial charge is 0.381 e. The summed E-state index contributed by atoms with van der Waals surface area (Å²) in [5, 5.41) is 5.53. The highest BCUT2D eigenvalue weighted by Crippen LogP contribution is 2.36. The molecule has 0 saturated carbocycles. The van der Waals surface area contributed by atoms with Crippen molar-refractivity contribution in [3.63, 3.8) is 0 Å². The second-order valence-electron chi connectivity index (χ2n) is 7.50. The van der Waals surface area contributed by atoms with Gasteiger partial charge in [0.05, 0.1) is 11.5 Å². The van der Waals surface area contributed by atoms with Gasteiger partial charge in [0.1, 0.15) is 5.82 Å². The molecule has 1 N–H and O–H groups in total. The van der Waals surface area contributed by atoms with E-state index in [-0.39, 0.29) is 17.8 Å². The highest BCUT2D eigenvalue weighted by molar-refractivity contribution is 5.89. The number of nitrogens with one attached hydrogen (secondary N) is 1. The summed E-state index contributed by atoms with van der Waals surface area (Å²) in [6.45, 7) is 3.05. The standard InChI is InChI=1S/C24H24FNO2/c1-17(19-7-6-18-4-2-3-5-20(18)16-19)26-23(27)24(12-14-28-15-13-24)21-8-10-22(25)11-9-21/h2-11,16-17H,12-15H2,1H3,(H,26,27). The van der Waals surface area contributed by atoms with Gasteiger partial charge in [-0.15, -0.1) is 0 Å². The Balaban J connectivity index is 1.60. The number of ether oxygens (including phenoxy) is 1. The molecule has 1 unspecified atom stereocenters. The minimum absolute atomic E-state index is 0.0249. The van der Waals surface area contributed by atoms with Crippen LogP contribution in [0.2, 0.25) is 0 Å². The van der Waals surface area contributed by atoms with Crippen LogP contribution >= 0.6 is 0 Å². The number of carbonyl (C=O) groups is 1. The molecule has 1 aliphatic heterocycles. The highest BCUT2D eigenvalue weighted by Gasteiger charge is 2.42. The molecule has 0 aromatic heterocycles. The van der Waals surface area contributed by atoms with Crippen LogP contribution in [0.3, 0.4) is 0 Å². The summed E-state index contributed by atoms with van der Waals surface area (Å²) in [6, 6.07) is 20.6. The number of amides is 1. The Bertz CT molecular complexity index is 977. The van der Waals surface area contributed by atoms with Gasteiger partial charge in [-0.1, -0.05) is 48.5 Å². The van der Waals surface area contributed by atoms with Gasteiger partial charge in [0.25, 0.3) is 0 Å². The summed E-state index contributed by atoms with van der Waals surface area (Å²) >= 11 is 0. The normalized spacial score (nSPS) is 17.2. The molecular formula is C24H24FNO2. The van der Waals surface area contributed by atoms with E-state index in [1.54, 1.807) is 12.1 Å². The lowest BCUT2D eigenvalue weighted by Crippen LogP contribution is -2.48. The van der Waals surface area contributed by atoms with Crippen LogP contribution in [-0.4, -0.2) is 19.1 Å². The van der Waals surface area contributed by atoms with Crippen LogP contribution in [0.15, 0.2) is 66.7 Å². The van der Waals surface area contributed by atoms with Gasteiger partial charge in [0.15, 0.2) is 0 Å². The van der Waals surface area contributed by atoms with Crippen LogP contribution in [-0.2, 0) is 14.9 Å². The predicted molar refractivity (Wildman–Crippen MR) is 109 cm³/mol. The molecule has 3 nitrogen and oxygen atoms in total. The number of rotatable bonds is 4. The first-order valence-corrected chi connectivity index (χ1v) is 9.72. The maximum absolute atomic E-state index is 13.4. The van der Waals surface area contributed by atoms with Gasteiger partial charge in [-0.25, -0.2) is 4.39 Å². The van der Waals surface area contributed by atoms with Crippen molar-refractivity contribution in [2.24, 2.45) is 0 Å². The topological polar surface area (TPSA) is 38.3 Å². The molecule has 1 fully saturated rings. The van der Waals surface area contributed by atoms with Crippen LogP contribution in [0.4, 0.5) is 4.39 Å². The first-order valence-electron chi connectivity index (χ1n) is 9.72. The van der Waals surface area contributed by atoms with Crippen LogP contribution in [0, 0.1) is 5.82 Å². The van der Waals surface area contributed by atoms with E-state index in [1.807, 2.05) is 19.1 Å². The van der Waals surface area contributed by atoms with E-state index in [9.17, 15) is 9.18 Å². The number of carbonyl (C=O) groups excluding carboxylic acids is 1. The van der Waals surface area contributed by atoms with E-state index >= 15 is 0 Å². The molecule has 1 heterocycles. The molecule has 3 aromatic carbocycles. The lowest BCUT2D eigenvalue weighted by atomic mass is 9.73. The average Bonchev–Trinajstić information content (AvgIpc) is 2.74. The first kappa shape index (κ1) is 18.6. The zero-order valence-corrected chi connectivity index (χ0v) is 16.0. The van der Waals surface area contributed by atoms with Gasteiger partial charge in [-0.05, 0) is 59.9 Å². The lowest BCUT2D eigenvalue weighted by molar-refractivity contribution is -0.131. The SMILES string of the molecule is CC(NC(=O)C1(c2ccc(F)cc2)CCOCC1)c1ccc2ccccc2c1. The fourth-order valence-corrected chi connectivity index (χ4v) is 4.03. The third-order valence-electron chi connectivity index (χ3n) is 5.80. The highest BCUT2D eigenvalue weighted by atomic mass is 19.1. The van der Waals surface area contributed by atoms with Crippen LogP contribution < -0.4 is 5.32 Å². The zero-order chi connectivity index (χ0) is 19.6. The number of hydrogen-bond donors (Lipinski definition) is 1. The smallest absolute Gasteiger partial charge is 0.231 e. The second kappa shape index (κ2) is 7.72. The van der Waals surface area contributed by atoms with Crippen molar-refractivity contribution < 1.29 is 13.9 Å². The molecular weight excluding hydrogens is 353 g/mol. The molecule has 4 heteroatoms. The van der Waals surface area contributed by atoms with Crippen molar-refractivity contribution in [3.8, 4) is 0 Å². The number of hydrogen-bond acceptors (Lipinski definition) is 2. The number of benzene rings is 3. The third kappa shape index (κ3) is 3.52. The van der Waals surface area contributed by atoms with Crippen LogP contribution in [0.5, 0.6) is 0 Å². The van der Waals surface area contributed by atoms with E-state index in [4.69, 9.17) is 4.74 Å². The van der Waals surface area contributed by atoms with E-state index in [0.29, 0.717) is 26.1 Å². The van der Waals surface area contributed by atoms with Crippen molar-refractivity contribution in [2.75, 3.05) is 13.2 Å². The summed E-state index contributed by atoms with van der Waals surface area (Å²) in [6.07, 6.45) is 1.18. The van der Waals surface area contributed by atoms with E-state index in [0.717, 1.165) is 16.5 Å². The summed E-state index contributed by atoms with van der Waals surface area (Å²) < 4.78 is 18.9. The first-order chi connectivity index (χ1) is 13.6. The average molecular weight is 377 g/mol. The molecule has 0 radical (unpaired) electrons. The molecule has 0 bridgehead atoms. The Hall–Kier alpha value is -2.72. The van der Waals surface area contributed by atoms with Crippen molar-refractivity contribution >= 4 is 16.7 Å². The molecule has 1 saturated heterocycles. The zero-order valence-electron chi connectivity index (χ0n) is 16.0. The van der Waals surface area contributed by atoms with E-state index in [1.165, 1.54) is 17.5 Å². The maximum Gasteiger partial charge on any atom is 0.231 e. The van der Waals surface area contributed by atoms with Gasteiger partial charge in [0.2, 0.25) is 5.91 Å². The summed E-state index contributed by atoms with van der Waals surface area (Å²) in [5.74, 6) is -0.320. The lowest BCUT2D eigenvalue weighted by Gasteiger charge is -2.37. The molecule has 0 spiro atoms. The van der Waals surface area contributed by atoms with E-state index in [2.05, 4.69) is 35.6 Å². The van der Waals surface area contributed by atoms with Gasteiger partial charge >= 0.3 is 0 Å². The minimum Gasteiger partial charge on any atom is -0.381 e. The number of halogens is 1. The minimum atomic E-state index is -0.683. The molecule has 4 rings (SSSR count). The fraction of sp³-hybridized carbons (Fsp3) is 0.292. The van der Waals surface area contributed by atoms with Crippen LogP contribution in [0.25, 0.3) is 10.8 Å². The molecule has 0 aliphatic carbocycles. The molecule has 1 aliphatic rings. The summed E-state index contributed by atoms with van der Waals surface area (Å²) in [4.78, 5) is 13.4. The van der Waals surface area contributed by atoms with Gasteiger partial charge in [-0.3, -0.25) is 4.79 Å². The van der Waals surface area contributed by atoms with Crippen molar-refractivity contribution in [3.05, 3.63) is 83.7 Å². The summed E-state index contributed by atoms with van der Waals surface area (Å²) in [5.41, 5.74) is 1.23. The van der Waals surface area contributed by atoms with Crippen molar-refractivity contribution in [1.82, 2.24) is 5.32 Å².